The van der Waals surface area contributed by atoms with Gasteiger partial charge in [0.15, 0.2) is 0 Å². The molecule has 36 heavy (non-hydrogen) atoms. The lowest BCUT2D eigenvalue weighted by Crippen LogP contribution is -2.56. The normalized spacial score (nSPS) is 16.3. The van der Waals surface area contributed by atoms with Gasteiger partial charge in [0.2, 0.25) is 11.8 Å². The van der Waals surface area contributed by atoms with Crippen molar-refractivity contribution < 1.29 is 24.0 Å². The fourth-order valence-corrected chi connectivity index (χ4v) is 4.20. The van der Waals surface area contributed by atoms with Crippen molar-refractivity contribution in [2.24, 2.45) is 5.73 Å². The van der Waals surface area contributed by atoms with Crippen molar-refractivity contribution in [2.45, 2.75) is 45.1 Å². The minimum absolute atomic E-state index is 0.0457. The van der Waals surface area contributed by atoms with Crippen LogP contribution in [0.2, 0.25) is 0 Å². The summed E-state index contributed by atoms with van der Waals surface area (Å²) in [5.74, 6) is -0.343. The van der Waals surface area contributed by atoms with E-state index in [0.29, 0.717) is 0 Å². The van der Waals surface area contributed by atoms with Crippen LogP contribution < -0.4 is 16.5 Å². The van der Waals surface area contributed by atoms with Gasteiger partial charge in [-0.1, -0.05) is 67.6 Å². The minimum atomic E-state index is -1.15. The number of nitrogens with zero attached hydrogens (tertiary/aromatic N) is 1. The summed E-state index contributed by atoms with van der Waals surface area (Å²) in [6.45, 7) is 3.61. The highest BCUT2D eigenvalue weighted by Crippen LogP contribution is 2.18. The van der Waals surface area contributed by atoms with E-state index >= 15 is 0 Å². The summed E-state index contributed by atoms with van der Waals surface area (Å²) in [5, 5.41) is 3.61. The predicted octanol–water partition coefficient (Wildman–Crippen LogP) is 2.72. The molecule has 2 aromatic rings. The van der Waals surface area contributed by atoms with E-state index in [-0.39, 0.29) is 25.7 Å². The van der Waals surface area contributed by atoms with Gasteiger partial charge in [-0.3, -0.25) is 19.9 Å². The standard InChI is InChI=1S/C26H32N4O5S/c1-3-36-23-15-21(35-29-23)16-28-24(31)18(2)30(26(33)34-17-20-12-8-5-9-13-20)25(32)22(27)14-19-10-6-4-7-11-19/h4-13,15,18,21-22,29H,3,14,16-17,27H2,1-2H3,(H,28,31)/t18-,21?,22-/m0/s1. The monoisotopic (exact) mass is 512 g/mol. The molecule has 4 N–H and O–H groups in total. The third-order valence-electron chi connectivity index (χ3n) is 5.45. The first-order chi connectivity index (χ1) is 17.4. The van der Waals surface area contributed by atoms with Crippen LogP contribution in [0.3, 0.4) is 0 Å². The van der Waals surface area contributed by atoms with Crippen LogP contribution in [0.4, 0.5) is 4.79 Å². The van der Waals surface area contributed by atoms with Crippen molar-refractivity contribution in [1.82, 2.24) is 15.7 Å². The number of hydrogen-bond acceptors (Lipinski definition) is 8. The Labute approximate surface area is 215 Å². The van der Waals surface area contributed by atoms with E-state index in [4.69, 9.17) is 15.3 Å². The van der Waals surface area contributed by atoms with Gasteiger partial charge < -0.3 is 15.8 Å². The lowest BCUT2D eigenvalue weighted by atomic mass is 10.0. The number of thioether (sulfide) groups is 1. The van der Waals surface area contributed by atoms with Gasteiger partial charge in [-0.05, 0) is 36.3 Å². The Bertz CT molecular complexity index is 1050. The van der Waals surface area contributed by atoms with E-state index in [1.54, 1.807) is 23.9 Å². The highest BCUT2D eigenvalue weighted by atomic mass is 32.2. The molecule has 10 heteroatoms. The summed E-state index contributed by atoms with van der Waals surface area (Å²) in [7, 11) is 0. The summed E-state index contributed by atoms with van der Waals surface area (Å²) in [6.07, 6.45) is 0.771. The number of benzene rings is 2. The number of carbonyl (C=O) groups excluding carboxylic acids is 3. The van der Waals surface area contributed by atoms with Crippen LogP contribution >= 0.6 is 11.8 Å². The van der Waals surface area contributed by atoms with E-state index in [9.17, 15) is 14.4 Å². The summed E-state index contributed by atoms with van der Waals surface area (Å²) < 4.78 is 5.39. The van der Waals surface area contributed by atoms with Gasteiger partial charge in [0, 0.05) is 0 Å². The van der Waals surface area contributed by atoms with E-state index < -0.39 is 30.0 Å². The fraction of sp³-hybridized carbons (Fsp3) is 0.346. The Morgan fingerprint density at radius 1 is 1.11 bits per heavy atom. The molecule has 2 aromatic carbocycles. The maximum Gasteiger partial charge on any atom is 0.417 e. The summed E-state index contributed by atoms with van der Waals surface area (Å²) in [4.78, 5) is 45.5. The average molecular weight is 513 g/mol. The van der Waals surface area contributed by atoms with Crippen LogP contribution in [0, 0.1) is 0 Å². The molecule has 9 nitrogen and oxygen atoms in total. The number of imide groups is 1. The molecule has 0 fully saturated rings. The molecule has 3 atom stereocenters. The maximum atomic E-state index is 13.3. The molecule has 0 radical (unpaired) electrons. The zero-order chi connectivity index (χ0) is 25.9. The van der Waals surface area contributed by atoms with Gasteiger partial charge in [-0.2, -0.15) is 0 Å². The van der Waals surface area contributed by atoms with Crippen LogP contribution in [0.25, 0.3) is 0 Å². The molecule has 1 aliphatic rings. The third-order valence-corrected chi connectivity index (χ3v) is 6.27. The zero-order valence-electron chi connectivity index (χ0n) is 20.4. The SMILES string of the molecule is CCSC1=CC(CNC(=O)[C@H](C)N(C(=O)OCc2ccccc2)C(=O)[C@@H](N)Cc2ccccc2)ON1. The zero-order valence-corrected chi connectivity index (χ0v) is 21.2. The molecule has 0 spiro atoms. The van der Waals surface area contributed by atoms with Gasteiger partial charge >= 0.3 is 6.09 Å². The molecule has 1 unspecified atom stereocenters. The second kappa shape index (κ2) is 13.7. The Morgan fingerprint density at radius 3 is 2.39 bits per heavy atom. The lowest BCUT2D eigenvalue weighted by Gasteiger charge is -2.28. The van der Waals surface area contributed by atoms with E-state index in [1.165, 1.54) is 6.92 Å². The van der Waals surface area contributed by atoms with Gasteiger partial charge in [0.05, 0.1) is 17.6 Å². The molecular weight excluding hydrogens is 480 g/mol. The van der Waals surface area contributed by atoms with Gasteiger partial charge in [0.1, 0.15) is 18.8 Å². The molecule has 1 heterocycles. The molecular formula is C26H32N4O5S. The van der Waals surface area contributed by atoms with Crippen molar-refractivity contribution in [3.8, 4) is 0 Å². The summed E-state index contributed by atoms with van der Waals surface area (Å²) in [5.41, 5.74) is 10.6. The number of carbonyl (C=O) groups is 3. The number of amides is 3. The van der Waals surface area contributed by atoms with E-state index in [2.05, 4.69) is 10.8 Å². The Hall–Kier alpha value is -3.34. The molecule has 0 saturated heterocycles. The molecule has 3 amide bonds. The largest absolute Gasteiger partial charge is 0.444 e. The molecule has 3 rings (SSSR count). The first kappa shape index (κ1) is 27.3. The van der Waals surface area contributed by atoms with Gasteiger partial charge in [0.25, 0.3) is 0 Å². The first-order valence-corrected chi connectivity index (χ1v) is 12.7. The molecule has 0 aromatic heterocycles. The van der Waals surface area contributed by atoms with Crippen molar-refractivity contribution in [1.29, 1.82) is 0 Å². The molecule has 192 valence electrons. The first-order valence-electron chi connectivity index (χ1n) is 11.8. The fourth-order valence-electron chi connectivity index (χ4n) is 3.53. The Morgan fingerprint density at radius 2 is 1.75 bits per heavy atom. The molecule has 0 bridgehead atoms. The third kappa shape index (κ3) is 7.84. The van der Waals surface area contributed by atoms with Crippen molar-refractivity contribution in [2.75, 3.05) is 12.3 Å². The molecule has 0 aliphatic carbocycles. The van der Waals surface area contributed by atoms with Crippen LogP contribution in [-0.2, 0) is 32.2 Å². The van der Waals surface area contributed by atoms with Crippen molar-refractivity contribution in [3.63, 3.8) is 0 Å². The number of rotatable bonds is 11. The highest BCUT2D eigenvalue weighted by Gasteiger charge is 2.36. The van der Waals surface area contributed by atoms with E-state index in [1.807, 2.05) is 61.5 Å². The molecule has 0 saturated carbocycles. The second-order valence-electron chi connectivity index (χ2n) is 8.19. The predicted molar refractivity (Wildman–Crippen MR) is 138 cm³/mol. The number of ether oxygens (including phenoxy) is 1. The van der Waals surface area contributed by atoms with Gasteiger partial charge in [-0.15, -0.1) is 11.8 Å². The lowest BCUT2D eigenvalue weighted by molar-refractivity contribution is -0.139. The van der Waals surface area contributed by atoms with Crippen LogP contribution in [0.1, 0.15) is 25.0 Å². The Kier molecular flexibility index (Phi) is 10.3. The van der Waals surface area contributed by atoms with Crippen LogP contribution in [0.15, 0.2) is 71.8 Å². The number of hydroxylamine groups is 1. The molecule has 1 aliphatic heterocycles. The quantitative estimate of drug-likeness (QED) is 0.420. The van der Waals surface area contributed by atoms with Crippen LogP contribution in [0.5, 0.6) is 0 Å². The number of nitrogens with one attached hydrogen (secondary N) is 2. The maximum absolute atomic E-state index is 13.3. The highest BCUT2D eigenvalue weighted by molar-refractivity contribution is 8.02. The van der Waals surface area contributed by atoms with E-state index in [0.717, 1.165) is 26.8 Å². The number of hydrogen-bond donors (Lipinski definition) is 3. The second-order valence-corrected chi connectivity index (χ2v) is 9.49. The van der Waals surface area contributed by atoms with Crippen molar-refractivity contribution >= 4 is 29.7 Å². The average Bonchev–Trinajstić information content (AvgIpc) is 3.34. The smallest absolute Gasteiger partial charge is 0.417 e. The Balaban J connectivity index is 1.68. The van der Waals surface area contributed by atoms with Crippen molar-refractivity contribution in [3.05, 3.63) is 82.9 Å². The minimum Gasteiger partial charge on any atom is -0.444 e. The number of nitrogens with two attached hydrogens (primary N) is 1. The topological polar surface area (TPSA) is 123 Å². The summed E-state index contributed by atoms with van der Waals surface area (Å²) >= 11 is 1.59. The van der Waals surface area contributed by atoms with Gasteiger partial charge in [-0.25, -0.2) is 9.69 Å². The summed E-state index contributed by atoms with van der Waals surface area (Å²) in [6, 6.07) is 16.1. The van der Waals surface area contributed by atoms with Crippen LogP contribution in [-0.4, -0.2) is 53.3 Å².